The minimum absolute atomic E-state index is 0.236. The fourth-order valence-electron chi connectivity index (χ4n) is 3.47. The zero-order valence-corrected chi connectivity index (χ0v) is 15.8. The van der Waals surface area contributed by atoms with E-state index in [1.54, 1.807) is 24.0 Å². The highest BCUT2D eigenvalue weighted by Gasteiger charge is 2.40. The van der Waals surface area contributed by atoms with Gasteiger partial charge < -0.3 is 15.3 Å². The van der Waals surface area contributed by atoms with Gasteiger partial charge in [0.2, 0.25) is 5.91 Å². The summed E-state index contributed by atoms with van der Waals surface area (Å²) in [4.78, 5) is 39.2. The van der Waals surface area contributed by atoms with Gasteiger partial charge in [0.25, 0.3) is 5.91 Å². The van der Waals surface area contributed by atoms with Gasteiger partial charge in [-0.2, -0.15) is 0 Å². The van der Waals surface area contributed by atoms with Crippen molar-refractivity contribution in [3.63, 3.8) is 0 Å². The molecule has 1 aliphatic rings. The van der Waals surface area contributed by atoms with Gasteiger partial charge in [0.1, 0.15) is 6.04 Å². The Labute approximate surface area is 161 Å². The van der Waals surface area contributed by atoms with E-state index >= 15 is 0 Å². The predicted molar refractivity (Wildman–Crippen MR) is 103 cm³/mol. The Hall–Kier alpha value is -2.67. The molecule has 1 aliphatic heterocycles. The van der Waals surface area contributed by atoms with E-state index < -0.39 is 24.0 Å². The van der Waals surface area contributed by atoms with Gasteiger partial charge in [-0.25, -0.2) is 0 Å². The molecule has 1 saturated heterocycles. The van der Waals surface area contributed by atoms with Gasteiger partial charge in [-0.1, -0.05) is 36.4 Å². The number of likely N-dealkylation sites (tertiary alicyclic amines) is 1. The first-order valence-corrected chi connectivity index (χ1v) is 9.77. The van der Waals surface area contributed by atoms with Crippen LogP contribution in [0, 0.1) is 5.92 Å². The summed E-state index contributed by atoms with van der Waals surface area (Å²) in [7, 11) is 0. The number of carboxylic acids is 1. The van der Waals surface area contributed by atoms with Gasteiger partial charge in [-0.05, 0) is 30.4 Å². The van der Waals surface area contributed by atoms with Gasteiger partial charge in [0.05, 0.1) is 10.8 Å². The highest BCUT2D eigenvalue weighted by molar-refractivity contribution is 7.12. The standard InChI is InChI=1S/C20H22N2O4S/c1-13-15(20(25)26)9-10-22(13)19(24)16(12-14-6-3-2-4-7-14)21-18(23)17-8-5-11-27-17/h2-8,11,13,15-16H,9-10,12H2,1H3,(H,21,23)(H,25,26). The summed E-state index contributed by atoms with van der Waals surface area (Å²) in [5, 5.41) is 14.0. The summed E-state index contributed by atoms with van der Waals surface area (Å²) in [6.45, 7) is 2.14. The lowest BCUT2D eigenvalue weighted by Crippen LogP contribution is -2.51. The Morgan fingerprint density at radius 3 is 2.56 bits per heavy atom. The normalized spacial score (nSPS) is 20.3. The minimum Gasteiger partial charge on any atom is -0.481 e. The number of rotatable bonds is 6. The monoisotopic (exact) mass is 386 g/mol. The van der Waals surface area contributed by atoms with Gasteiger partial charge in [-0.15, -0.1) is 11.3 Å². The van der Waals surface area contributed by atoms with Crippen LogP contribution in [-0.4, -0.2) is 46.4 Å². The molecule has 7 heteroatoms. The number of nitrogens with one attached hydrogen (secondary N) is 1. The molecule has 2 aromatic rings. The van der Waals surface area contributed by atoms with E-state index in [1.165, 1.54) is 11.3 Å². The first-order valence-electron chi connectivity index (χ1n) is 8.89. The lowest BCUT2D eigenvalue weighted by Gasteiger charge is -2.28. The third kappa shape index (κ3) is 4.36. The molecule has 142 valence electrons. The molecule has 0 bridgehead atoms. The molecule has 3 unspecified atom stereocenters. The van der Waals surface area contributed by atoms with Gasteiger partial charge >= 0.3 is 5.97 Å². The van der Waals surface area contributed by atoms with Gasteiger partial charge in [-0.3, -0.25) is 14.4 Å². The molecule has 2 amide bonds. The van der Waals surface area contributed by atoms with Crippen molar-refractivity contribution < 1.29 is 19.5 Å². The fourth-order valence-corrected chi connectivity index (χ4v) is 4.09. The van der Waals surface area contributed by atoms with Crippen molar-refractivity contribution >= 4 is 29.1 Å². The number of carboxylic acid groups (broad SMARTS) is 1. The third-order valence-electron chi connectivity index (χ3n) is 4.99. The van der Waals surface area contributed by atoms with Crippen LogP contribution in [0.5, 0.6) is 0 Å². The van der Waals surface area contributed by atoms with Crippen LogP contribution in [0.2, 0.25) is 0 Å². The van der Waals surface area contributed by atoms with Crippen LogP contribution >= 0.6 is 11.3 Å². The van der Waals surface area contributed by atoms with E-state index in [1.807, 2.05) is 35.7 Å². The molecule has 3 rings (SSSR count). The Bertz CT molecular complexity index is 807. The molecule has 0 saturated carbocycles. The minimum atomic E-state index is -0.889. The number of benzene rings is 1. The summed E-state index contributed by atoms with van der Waals surface area (Å²) in [6, 6.07) is 11.8. The number of aliphatic carboxylic acids is 1. The zero-order chi connectivity index (χ0) is 19.4. The number of amides is 2. The third-order valence-corrected chi connectivity index (χ3v) is 5.85. The van der Waals surface area contributed by atoms with Crippen molar-refractivity contribution in [2.24, 2.45) is 5.92 Å². The predicted octanol–water partition coefficient (Wildman–Crippen LogP) is 2.41. The lowest BCUT2D eigenvalue weighted by molar-refractivity contribution is -0.143. The SMILES string of the molecule is CC1C(C(=O)O)CCN1C(=O)C(Cc1ccccc1)NC(=O)c1cccs1. The quantitative estimate of drug-likeness (QED) is 0.798. The van der Waals surface area contributed by atoms with Crippen LogP contribution in [0.25, 0.3) is 0 Å². The molecule has 0 aliphatic carbocycles. The van der Waals surface area contributed by atoms with Crippen LogP contribution in [-0.2, 0) is 16.0 Å². The summed E-state index contributed by atoms with van der Waals surface area (Å²) in [6.07, 6.45) is 0.789. The highest BCUT2D eigenvalue weighted by atomic mass is 32.1. The Balaban J connectivity index is 1.79. The molecule has 6 nitrogen and oxygen atoms in total. The second-order valence-corrected chi connectivity index (χ2v) is 7.65. The maximum atomic E-state index is 13.2. The molecule has 2 heterocycles. The van der Waals surface area contributed by atoms with Crippen molar-refractivity contribution in [3.8, 4) is 0 Å². The Morgan fingerprint density at radius 2 is 1.96 bits per heavy atom. The van der Waals surface area contributed by atoms with E-state index in [-0.39, 0.29) is 11.8 Å². The molecule has 1 aromatic carbocycles. The summed E-state index contributed by atoms with van der Waals surface area (Å²) < 4.78 is 0. The van der Waals surface area contributed by atoms with E-state index in [2.05, 4.69) is 5.32 Å². The van der Waals surface area contributed by atoms with Crippen LogP contribution < -0.4 is 5.32 Å². The van der Waals surface area contributed by atoms with Crippen molar-refractivity contribution in [2.45, 2.75) is 31.8 Å². The Morgan fingerprint density at radius 1 is 1.22 bits per heavy atom. The molecular weight excluding hydrogens is 364 g/mol. The summed E-state index contributed by atoms with van der Waals surface area (Å²) in [5.41, 5.74) is 0.934. The van der Waals surface area contributed by atoms with E-state index in [9.17, 15) is 19.5 Å². The molecule has 3 atom stereocenters. The largest absolute Gasteiger partial charge is 0.481 e. The van der Waals surface area contributed by atoms with Crippen molar-refractivity contribution in [2.75, 3.05) is 6.54 Å². The van der Waals surface area contributed by atoms with E-state index in [4.69, 9.17) is 0 Å². The molecule has 1 fully saturated rings. The van der Waals surface area contributed by atoms with Crippen LogP contribution in [0.4, 0.5) is 0 Å². The number of hydrogen-bond acceptors (Lipinski definition) is 4. The van der Waals surface area contributed by atoms with E-state index in [0.29, 0.717) is 24.3 Å². The number of thiophene rings is 1. The zero-order valence-electron chi connectivity index (χ0n) is 15.0. The summed E-state index contributed by atoms with van der Waals surface area (Å²) >= 11 is 1.31. The molecule has 0 radical (unpaired) electrons. The molecule has 27 heavy (non-hydrogen) atoms. The van der Waals surface area contributed by atoms with Crippen LogP contribution in [0.1, 0.15) is 28.6 Å². The number of nitrogens with zero attached hydrogens (tertiary/aromatic N) is 1. The van der Waals surface area contributed by atoms with Crippen molar-refractivity contribution in [3.05, 3.63) is 58.3 Å². The maximum absolute atomic E-state index is 13.2. The van der Waals surface area contributed by atoms with Crippen molar-refractivity contribution in [1.29, 1.82) is 0 Å². The maximum Gasteiger partial charge on any atom is 0.308 e. The second kappa shape index (κ2) is 8.35. The van der Waals surface area contributed by atoms with Crippen LogP contribution in [0.3, 0.4) is 0 Å². The molecule has 2 N–H and O–H groups in total. The average molecular weight is 386 g/mol. The van der Waals surface area contributed by atoms with Gasteiger partial charge in [0.15, 0.2) is 0 Å². The van der Waals surface area contributed by atoms with Gasteiger partial charge in [0, 0.05) is 19.0 Å². The first kappa shape index (κ1) is 19.1. The molecule has 0 spiro atoms. The van der Waals surface area contributed by atoms with E-state index in [0.717, 1.165) is 5.56 Å². The Kier molecular flexibility index (Phi) is 5.91. The fraction of sp³-hybridized carbons (Fsp3) is 0.350. The van der Waals surface area contributed by atoms with Crippen LogP contribution in [0.15, 0.2) is 47.8 Å². The molecule has 1 aromatic heterocycles. The smallest absolute Gasteiger partial charge is 0.308 e. The van der Waals surface area contributed by atoms with Crippen molar-refractivity contribution in [1.82, 2.24) is 10.2 Å². The number of carbonyl (C=O) groups is 3. The summed E-state index contributed by atoms with van der Waals surface area (Å²) in [5.74, 6) is -1.99. The number of hydrogen-bond donors (Lipinski definition) is 2. The lowest BCUT2D eigenvalue weighted by atomic mass is 10.0. The topological polar surface area (TPSA) is 86.7 Å². The number of carbonyl (C=O) groups excluding carboxylic acids is 2. The highest BCUT2D eigenvalue weighted by Crippen LogP contribution is 2.25. The second-order valence-electron chi connectivity index (χ2n) is 6.70. The first-order chi connectivity index (χ1) is 13.0. The average Bonchev–Trinajstić information content (AvgIpc) is 3.31. The molecular formula is C20H22N2O4S.